The third kappa shape index (κ3) is 4.32. The number of nitrogens with one attached hydrogen (secondary N) is 2. The first-order valence-corrected chi connectivity index (χ1v) is 9.93. The largest absolute Gasteiger partial charge is 0.491 e. The molecule has 2 aromatic carbocycles. The Morgan fingerprint density at radius 1 is 1.17 bits per heavy atom. The van der Waals surface area contributed by atoms with Crippen LogP contribution in [0, 0.1) is 6.92 Å². The molecule has 1 atom stereocenters. The van der Waals surface area contributed by atoms with Crippen LogP contribution in [-0.2, 0) is 6.54 Å². The lowest BCUT2D eigenvalue weighted by Gasteiger charge is -2.25. The maximum absolute atomic E-state index is 12.3. The van der Waals surface area contributed by atoms with Crippen LogP contribution in [0.2, 0.25) is 0 Å². The first-order valence-electron chi connectivity index (χ1n) is 9.93. The Morgan fingerprint density at radius 3 is 2.59 bits per heavy atom. The Morgan fingerprint density at radius 2 is 1.90 bits per heavy atom. The fourth-order valence-electron chi connectivity index (χ4n) is 3.39. The molecule has 1 aromatic heterocycles. The smallest absolute Gasteiger partial charge is 0.269 e. The minimum Gasteiger partial charge on any atom is -0.491 e. The summed E-state index contributed by atoms with van der Waals surface area (Å²) < 4.78 is 7.49. The van der Waals surface area contributed by atoms with Gasteiger partial charge in [-0.15, -0.1) is 0 Å². The highest BCUT2D eigenvalue weighted by Crippen LogP contribution is 2.23. The minimum atomic E-state index is -0.103. The first-order chi connectivity index (χ1) is 14.0. The molecule has 150 valence electrons. The lowest BCUT2D eigenvalue weighted by Crippen LogP contribution is -2.45. The molecule has 1 aliphatic heterocycles. The number of carbonyl (C=O) groups is 1. The molecule has 0 saturated heterocycles. The first kappa shape index (κ1) is 19.2. The molecule has 2 heterocycles. The fourth-order valence-corrected chi connectivity index (χ4v) is 3.39. The summed E-state index contributed by atoms with van der Waals surface area (Å²) in [5.74, 6) is 0.773. The normalized spacial score (nSPS) is 15.9. The van der Waals surface area contributed by atoms with E-state index in [1.54, 1.807) is 4.68 Å². The summed E-state index contributed by atoms with van der Waals surface area (Å²) in [6, 6.07) is 18.1. The second-order valence-electron chi connectivity index (χ2n) is 7.64. The Bertz CT molecular complexity index is 991. The lowest BCUT2D eigenvalue weighted by molar-refractivity contribution is 0.0900. The number of hydrogen-bond donors (Lipinski definition) is 2. The number of ether oxygens (including phenoxy) is 1. The fraction of sp³-hybridized carbons (Fsp3) is 0.304. The molecule has 4 rings (SSSR count). The van der Waals surface area contributed by atoms with E-state index in [1.165, 1.54) is 5.56 Å². The molecule has 0 radical (unpaired) electrons. The number of amides is 1. The van der Waals surface area contributed by atoms with Gasteiger partial charge in [0, 0.05) is 12.1 Å². The van der Waals surface area contributed by atoms with Crippen LogP contribution >= 0.6 is 0 Å². The van der Waals surface area contributed by atoms with Crippen molar-refractivity contribution in [2.75, 3.05) is 6.54 Å². The minimum absolute atomic E-state index is 0.0934. The van der Waals surface area contributed by atoms with E-state index in [9.17, 15) is 4.79 Å². The number of rotatable bonds is 6. The van der Waals surface area contributed by atoms with E-state index in [2.05, 4.69) is 29.7 Å². The third-order valence-electron chi connectivity index (χ3n) is 4.90. The Balaban J connectivity index is 1.49. The highest BCUT2D eigenvalue weighted by atomic mass is 16.5. The van der Waals surface area contributed by atoms with E-state index in [0.717, 1.165) is 22.6 Å². The van der Waals surface area contributed by atoms with Gasteiger partial charge in [-0.2, -0.15) is 5.10 Å². The second kappa shape index (κ2) is 8.09. The molecule has 6 nitrogen and oxygen atoms in total. The number of nitrogens with zero attached hydrogens (tertiary/aromatic N) is 2. The maximum Gasteiger partial charge on any atom is 0.269 e. The van der Waals surface area contributed by atoms with Crippen molar-refractivity contribution in [3.05, 3.63) is 71.4 Å². The molecular formula is C23H26N4O2. The zero-order valence-corrected chi connectivity index (χ0v) is 17.0. The molecule has 2 N–H and O–H groups in total. The molecule has 0 fully saturated rings. The van der Waals surface area contributed by atoms with Gasteiger partial charge in [-0.3, -0.25) is 10.1 Å². The zero-order chi connectivity index (χ0) is 20.4. The molecule has 29 heavy (non-hydrogen) atoms. The van der Waals surface area contributed by atoms with Gasteiger partial charge >= 0.3 is 0 Å². The summed E-state index contributed by atoms with van der Waals surface area (Å²) in [5.41, 5.74) is 4.72. The predicted octanol–water partition coefficient (Wildman–Crippen LogP) is 3.68. The van der Waals surface area contributed by atoms with Crippen LogP contribution in [0.5, 0.6) is 5.75 Å². The second-order valence-corrected chi connectivity index (χ2v) is 7.64. The van der Waals surface area contributed by atoms with Crippen molar-refractivity contribution in [1.82, 2.24) is 20.4 Å². The van der Waals surface area contributed by atoms with Gasteiger partial charge in [0.1, 0.15) is 17.6 Å². The van der Waals surface area contributed by atoms with Crippen LogP contribution in [0.1, 0.15) is 41.6 Å². The third-order valence-corrected chi connectivity index (χ3v) is 4.90. The van der Waals surface area contributed by atoms with Gasteiger partial charge in [-0.05, 0) is 44.5 Å². The van der Waals surface area contributed by atoms with Gasteiger partial charge in [0.25, 0.3) is 5.91 Å². The van der Waals surface area contributed by atoms with Crippen LogP contribution in [-0.4, -0.2) is 28.3 Å². The summed E-state index contributed by atoms with van der Waals surface area (Å²) in [6.07, 6.45) is 0.0549. The van der Waals surface area contributed by atoms with Crippen LogP contribution in [0.3, 0.4) is 0 Å². The Kier molecular flexibility index (Phi) is 5.36. The van der Waals surface area contributed by atoms with Crippen LogP contribution in [0.25, 0.3) is 11.3 Å². The Labute approximate surface area is 170 Å². The molecule has 0 bridgehead atoms. The van der Waals surface area contributed by atoms with Gasteiger partial charge in [0.15, 0.2) is 0 Å². The van der Waals surface area contributed by atoms with Crippen molar-refractivity contribution >= 4 is 5.91 Å². The van der Waals surface area contributed by atoms with Crippen molar-refractivity contribution in [3.8, 4) is 17.0 Å². The van der Waals surface area contributed by atoms with Gasteiger partial charge in [0.05, 0.1) is 18.3 Å². The number of hydrogen-bond acceptors (Lipinski definition) is 4. The number of benzene rings is 2. The summed E-state index contributed by atoms with van der Waals surface area (Å²) in [4.78, 5) is 12.3. The molecule has 0 spiro atoms. The van der Waals surface area contributed by atoms with Gasteiger partial charge in [-0.25, -0.2) is 4.68 Å². The molecule has 0 aliphatic carbocycles. The lowest BCUT2D eigenvalue weighted by atomic mass is 10.1. The standard InChI is InChI=1S/C23H26N4O2/c1-15(2)29-19-10-6-17(7-11-19)13-24-22-14-25-23(28)21-12-20(26-27(21)22)18-8-4-16(3)5-9-18/h4-12,15,22,24H,13-14H2,1-3H3,(H,25,28)/t22-/m0/s1. The number of aryl methyl sites for hydroxylation is 1. The quantitative estimate of drug-likeness (QED) is 0.674. The zero-order valence-electron chi connectivity index (χ0n) is 17.0. The molecule has 1 amide bonds. The van der Waals surface area contributed by atoms with E-state index < -0.39 is 0 Å². The molecule has 3 aromatic rings. The molecule has 0 unspecified atom stereocenters. The van der Waals surface area contributed by atoms with E-state index in [4.69, 9.17) is 9.84 Å². The maximum atomic E-state index is 12.3. The highest BCUT2D eigenvalue weighted by molar-refractivity contribution is 5.94. The number of carbonyl (C=O) groups excluding carboxylic acids is 1. The monoisotopic (exact) mass is 390 g/mol. The van der Waals surface area contributed by atoms with E-state index in [0.29, 0.717) is 18.8 Å². The summed E-state index contributed by atoms with van der Waals surface area (Å²) >= 11 is 0. The summed E-state index contributed by atoms with van der Waals surface area (Å²) in [6.45, 7) is 7.24. The van der Waals surface area contributed by atoms with Crippen molar-refractivity contribution in [1.29, 1.82) is 0 Å². The topological polar surface area (TPSA) is 68.2 Å². The molecule has 6 heteroatoms. The number of fused-ring (bicyclic) bond motifs is 1. The van der Waals surface area contributed by atoms with Gasteiger partial charge in [0.2, 0.25) is 0 Å². The van der Waals surface area contributed by atoms with E-state index in [1.807, 2.05) is 56.3 Å². The van der Waals surface area contributed by atoms with Gasteiger partial charge < -0.3 is 10.1 Å². The summed E-state index contributed by atoms with van der Waals surface area (Å²) in [7, 11) is 0. The van der Waals surface area contributed by atoms with Crippen molar-refractivity contribution in [3.63, 3.8) is 0 Å². The highest BCUT2D eigenvalue weighted by Gasteiger charge is 2.27. The van der Waals surface area contributed by atoms with Crippen LogP contribution in [0.4, 0.5) is 0 Å². The number of aromatic nitrogens is 2. The SMILES string of the molecule is Cc1ccc(-c2cc3n(n2)[C@H](NCc2ccc(OC(C)C)cc2)CNC3=O)cc1. The van der Waals surface area contributed by atoms with E-state index in [-0.39, 0.29) is 18.2 Å². The van der Waals surface area contributed by atoms with Crippen molar-refractivity contribution in [2.24, 2.45) is 0 Å². The average molecular weight is 390 g/mol. The van der Waals surface area contributed by atoms with Crippen LogP contribution < -0.4 is 15.4 Å². The predicted molar refractivity (Wildman–Crippen MR) is 113 cm³/mol. The van der Waals surface area contributed by atoms with Crippen molar-refractivity contribution < 1.29 is 9.53 Å². The summed E-state index contributed by atoms with van der Waals surface area (Å²) in [5, 5.41) is 11.2. The molecule has 0 saturated carbocycles. The average Bonchev–Trinajstić information content (AvgIpc) is 3.15. The molecule has 1 aliphatic rings. The van der Waals surface area contributed by atoms with Crippen LogP contribution in [0.15, 0.2) is 54.6 Å². The van der Waals surface area contributed by atoms with Crippen molar-refractivity contribution in [2.45, 2.75) is 39.6 Å². The Hall–Kier alpha value is -3.12. The molecular weight excluding hydrogens is 364 g/mol. The van der Waals surface area contributed by atoms with E-state index >= 15 is 0 Å². The van der Waals surface area contributed by atoms with Gasteiger partial charge in [-0.1, -0.05) is 42.0 Å².